The maximum absolute atomic E-state index is 15.3. The van der Waals surface area contributed by atoms with E-state index in [9.17, 15) is 18.8 Å². The van der Waals surface area contributed by atoms with E-state index >= 15 is 4.39 Å². The molecule has 0 spiro atoms. The molecule has 1 fully saturated rings. The normalized spacial score (nSPS) is 20.4. The van der Waals surface area contributed by atoms with Crippen LogP contribution in [0.4, 0.5) is 8.78 Å². The summed E-state index contributed by atoms with van der Waals surface area (Å²) in [6.07, 6.45) is 1.52. The third-order valence-corrected chi connectivity index (χ3v) is 7.73. The Kier molecular flexibility index (Phi) is 8.69. The molecular formula is C30H38F2N4O3. The van der Waals surface area contributed by atoms with Gasteiger partial charge >= 0.3 is 0 Å². The Hall–Kier alpha value is -3.33. The van der Waals surface area contributed by atoms with Crippen molar-refractivity contribution < 1.29 is 23.2 Å². The lowest BCUT2D eigenvalue weighted by Gasteiger charge is -2.45. The molecule has 1 aliphatic carbocycles. The summed E-state index contributed by atoms with van der Waals surface area (Å²) >= 11 is 0. The zero-order valence-corrected chi connectivity index (χ0v) is 23.3. The molecule has 7 nitrogen and oxygen atoms in total. The average Bonchev–Trinajstić information content (AvgIpc) is 3.31. The zero-order valence-electron chi connectivity index (χ0n) is 23.3. The standard InChI is InChI=1S/C30H38F2N4O3/c1-18(2)14-25-28(37)33-26(21-15-19-8-6-7-9-20(19)16-21)29(38)36(25)27(23-11-10-22(31)17-24(23)32)30(39)35(5)13-12-34(3)4/h6-11,17-18,21,25-27H,12-16H2,1-5H3,(H,33,37). The molecule has 39 heavy (non-hydrogen) atoms. The van der Waals surface area contributed by atoms with Gasteiger partial charge in [-0.25, -0.2) is 8.78 Å². The monoisotopic (exact) mass is 540 g/mol. The van der Waals surface area contributed by atoms with E-state index in [1.807, 2.05) is 57.1 Å². The molecule has 2 aliphatic rings. The highest BCUT2D eigenvalue weighted by Gasteiger charge is 2.50. The van der Waals surface area contributed by atoms with Crippen LogP contribution in [0.25, 0.3) is 0 Å². The molecule has 1 heterocycles. The quantitative estimate of drug-likeness (QED) is 0.531. The van der Waals surface area contributed by atoms with E-state index in [1.54, 1.807) is 7.05 Å². The number of rotatable bonds is 9. The van der Waals surface area contributed by atoms with Gasteiger partial charge in [-0.15, -0.1) is 0 Å². The van der Waals surface area contributed by atoms with Crippen LogP contribution in [-0.4, -0.2) is 78.7 Å². The first kappa shape index (κ1) is 28.7. The topological polar surface area (TPSA) is 73.0 Å². The predicted octanol–water partition coefficient (Wildman–Crippen LogP) is 3.18. The maximum Gasteiger partial charge on any atom is 0.249 e. The van der Waals surface area contributed by atoms with Gasteiger partial charge in [0.1, 0.15) is 29.8 Å². The number of hydrogen-bond acceptors (Lipinski definition) is 4. The van der Waals surface area contributed by atoms with Gasteiger partial charge < -0.3 is 20.0 Å². The molecule has 3 unspecified atom stereocenters. The van der Waals surface area contributed by atoms with Crippen molar-refractivity contribution in [3.8, 4) is 0 Å². The Balaban J connectivity index is 1.77. The number of piperazine rings is 1. The number of amides is 3. The van der Waals surface area contributed by atoms with Gasteiger partial charge in [-0.1, -0.05) is 44.2 Å². The van der Waals surface area contributed by atoms with Crippen LogP contribution in [0.2, 0.25) is 0 Å². The first-order valence-electron chi connectivity index (χ1n) is 13.5. The highest BCUT2D eigenvalue weighted by Crippen LogP contribution is 2.36. The molecule has 3 amide bonds. The molecule has 0 radical (unpaired) electrons. The van der Waals surface area contributed by atoms with Gasteiger partial charge in [0.05, 0.1) is 0 Å². The van der Waals surface area contributed by atoms with Gasteiger partial charge in [0.25, 0.3) is 0 Å². The first-order valence-corrected chi connectivity index (χ1v) is 13.5. The fraction of sp³-hybridized carbons (Fsp3) is 0.500. The second-order valence-electron chi connectivity index (χ2n) is 11.4. The van der Waals surface area contributed by atoms with Gasteiger partial charge in [0, 0.05) is 31.8 Å². The number of nitrogens with zero attached hydrogens (tertiary/aromatic N) is 3. The Bertz CT molecular complexity index is 1210. The van der Waals surface area contributed by atoms with Gasteiger partial charge in [-0.2, -0.15) is 0 Å². The van der Waals surface area contributed by atoms with Crippen molar-refractivity contribution in [2.24, 2.45) is 11.8 Å². The van der Waals surface area contributed by atoms with Crippen LogP contribution in [0.1, 0.15) is 43.0 Å². The molecule has 0 saturated carbocycles. The number of likely N-dealkylation sites (N-methyl/N-ethyl adjacent to an activating group) is 2. The first-order chi connectivity index (χ1) is 18.5. The van der Waals surface area contributed by atoms with E-state index in [0.717, 1.165) is 17.2 Å². The number of hydrogen-bond donors (Lipinski definition) is 1. The van der Waals surface area contributed by atoms with E-state index in [-0.39, 0.29) is 23.3 Å². The van der Waals surface area contributed by atoms with Gasteiger partial charge in [-0.3, -0.25) is 14.4 Å². The molecule has 1 aliphatic heterocycles. The van der Waals surface area contributed by atoms with Crippen LogP contribution >= 0.6 is 0 Å². The SMILES string of the molecule is CC(C)CC1C(=O)NC(C2Cc3ccccc3C2)C(=O)N1C(C(=O)N(C)CCN(C)C)c1ccc(F)cc1F. The van der Waals surface area contributed by atoms with E-state index in [4.69, 9.17) is 0 Å². The van der Waals surface area contributed by atoms with Crippen LogP contribution in [0, 0.1) is 23.5 Å². The lowest BCUT2D eigenvalue weighted by atomic mass is 9.87. The molecule has 2 aromatic carbocycles. The fourth-order valence-corrected chi connectivity index (χ4v) is 5.67. The molecule has 1 saturated heterocycles. The summed E-state index contributed by atoms with van der Waals surface area (Å²) in [5.74, 6) is -3.19. The Morgan fingerprint density at radius 2 is 1.67 bits per heavy atom. The number of carbonyl (C=O) groups excluding carboxylic acids is 3. The third-order valence-electron chi connectivity index (χ3n) is 7.73. The van der Waals surface area contributed by atoms with E-state index in [2.05, 4.69) is 5.32 Å². The lowest BCUT2D eigenvalue weighted by molar-refractivity contribution is -0.160. The molecule has 9 heteroatoms. The van der Waals surface area contributed by atoms with Crippen molar-refractivity contribution in [3.05, 3.63) is 70.8 Å². The number of halogens is 2. The summed E-state index contributed by atoms with van der Waals surface area (Å²) < 4.78 is 29.2. The highest BCUT2D eigenvalue weighted by atomic mass is 19.1. The lowest BCUT2D eigenvalue weighted by Crippen LogP contribution is -2.67. The third kappa shape index (κ3) is 6.13. The minimum atomic E-state index is -1.41. The number of nitrogens with one attached hydrogen (secondary N) is 1. The minimum absolute atomic E-state index is 0.0172. The van der Waals surface area contributed by atoms with Crippen molar-refractivity contribution in [1.29, 1.82) is 0 Å². The number of carbonyl (C=O) groups is 3. The molecule has 3 atom stereocenters. The summed E-state index contributed by atoms with van der Waals surface area (Å²) in [7, 11) is 5.34. The van der Waals surface area contributed by atoms with Crippen molar-refractivity contribution in [1.82, 2.24) is 20.0 Å². The van der Waals surface area contributed by atoms with Gasteiger partial charge in [0.15, 0.2) is 0 Å². The molecular weight excluding hydrogens is 502 g/mol. The average molecular weight is 541 g/mol. The minimum Gasteiger partial charge on any atom is -0.342 e. The summed E-state index contributed by atoms with van der Waals surface area (Å²) in [6, 6.07) is 7.69. The molecule has 0 aromatic heterocycles. The summed E-state index contributed by atoms with van der Waals surface area (Å²) in [4.78, 5) is 46.6. The zero-order chi connectivity index (χ0) is 28.4. The smallest absolute Gasteiger partial charge is 0.249 e. The second kappa shape index (κ2) is 11.8. The molecule has 2 aromatic rings. The number of benzene rings is 2. The molecule has 4 rings (SSSR count). The summed E-state index contributed by atoms with van der Waals surface area (Å²) in [5, 5.41) is 2.95. The van der Waals surface area contributed by atoms with Crippen LogP contribution < -0.4 is 5.32 Å². The van der Waals surface area contributed by atoms with Crippen LogP contribution in [-0.2, 0) is 27.2 Å². The fourth-order valence-electron chi connectivity index (χ4n) is 5.67. The molecule has 1 N–H and O–H groups in total. The Morgan fingerprint density at radius 3 is 2.23 bits per heavy atom. The van der Waals surface area contributed by atoms with Crippen LogP contribution in [0.5, 0.6) is 0 Å². The number of fused-ring (bicyclic) bond motifs is 1. The molecule has 210 valence electrons. The Labute approximate surface area is 229 Å². The van der Waals surface area contributed by atoms with Crippen molar-refractivity contribution in [3.63, 3.8) is 0 Å². The van der Waals surface area contributed by atoms with Crippen molar-refractivity contribution in [2.75, 3.05) is 34.2 Å². The van der Waals surface area contributed by atoms with Crippen molar-refractivity contribution >= 4 is 17.7 Å². The summed E-state index contributed by atoms with van der Waals surface area (Å²) in [5.41, 5.74) is 2.13. The maximum atomic E-state index is 15.3. The predicted molar refractivity (Wildman–Crippen MR) is 145 cm³/mol. The van der Waals surface area contributed by atoms with Crippen LogP contribution in [0.15, 0.2) is 42.5 Å². The van der Waals surface area contributed by atoms with Crippen LogP contribution in [0.3, 0.4) is 0 Å². The van der Waals surface area contributed by atoms with Gasteiger partial charge in [-0.05, 0) is 62.4 Å². The Morgan fingerprint density at radius 1 is 1.03 bits per heavy atom. The highest BCUT2D eigenvalue weighted by molar-refractivity contribution is 6.00. The largest absolute Gasteiger partial charge is 0.342 e. The van der Waals surface area contributed by atoms with E-state index in [0.29, 0.717) is 38.4 Å². The molecule has 0 bridgehead atoms. The van der Waals surface area contributed by atoms with Crippen molar-refractivity contribution in [2.45, 2.75) is 51.2 Å². The second-order valence-corrected chi connectivity index (χ2v) is 11.4. The summed E-state index contributed by atoms with van der Waals surface area (Å²) in [6.45, 7) is 4.73. The van der Waals surface area contributed by atoms with Gasteiger partial charge in [0.2, 0.25) is 17.7 Å². The van der Waals surface area contributed by atoms with E-state index in [1.165, 1.54) is 15.9 Å². The van der Waals surface area contributed by atoms with E-state index < -0.39 is 41.6 Å².